The molecule has 0 spiro atoms. The summed E-state index contributed by atoms with van der Waals surface area (Å²) in [6.07, 6.45) is 0. The van der Waals surface area contributed by atoms with E-state index in [2.05, 4.69) is 0 Å². The lowest BCUT2D eigenvalue weighted by Gasteiger charge is -2.23. The van der Waals surface area contributed by atoms with Gasteiger partial charge < -0.3 is 14.4 Å². The number of rotatable bonds is 10. The van der Waals surface area contributed by atoms with Gasteiger partial charge >= 0.3 is 0 Å². The van der Waals surface area contributed by atoms with E-state index in [1.807, 2.05) is 13.0 Å². The standard InChI is InChI=1S/C22H29FN2O5S/c1-6-24(15-16-9-12-19(29-4)20(13-16)30-5)22(26)17-10-11-18(23)21(14-17)31(27,28)25(7-2)8-3/h9-14H,6-8,15H2,1-5H3. The third kappa shape index (κ3) is 5.34. The van der Waals surface area contributed by atoms with Gasteiger partial charge in [0.2, 0.25) is 10.0 Å². The summed E-state index contributed by atoms with van der Waals surface area (Å²) in [6, 6.07) is 8.78. The molecule has 0 bridgehead atoms. The molecule has 0 saturated carbocycles. The summed E-state index contributed by atoms with van der Waals surface area (Å²) in [4.78, 5) is 14.1. The highest BCUT2D eigenvalue weighted by atomic mass is 32.2. The van der Waals surface area contributed by atoms with Crippen molar-refractivity contribution in [2.45, 2.75) is 32.2 Å². The second kappa shape index (κ2) is 10.6. The van der Waals surface area contributed by atoms with Crippen LogP contribution < -0.4 is 9.47 Å². The van der Waals surface area contributed by atoms with Crippen molar-refractivity contribution in [2.75, 3.05) is 33.9 Å². The van der Waals surface area contributed by atoms with Gasteiger partial charge in [0.05, 0.1) is 14.2 Å². The van der Waals surface area contributed by atoms with E-state index in [-0.39, 0.29) is 25.2 Å². The molecule has 0 fully saturated rings. The molecule has 0 unspecified atom stereocenters. The highest BCUT2D eigenvalue weighted by Crippen LogP contribution is 2.28. The molecule has 0 aromatic heterocycles. The average Bonchev–Trinajstić information content (AvgIpc) is 2.77. The van der Waals surface area contributed by atoms with Gasteiger partial charge in [0.15, 0.2) is 11.5 Å². The van der Waals surface area contributed by atoms with Crippen LogP contribution in [0.2, 0.25) is 0 Å². The fraction of sp³-hybridized carbons (Fsp3) is 0.409. The maximum absolute atomic E-state index is 14.4. The quantitative estimate of drug-likeness (QED) is 0.551. The summed E-state index contributed by atoms with van der Waals surface area (Å²) in [6.45, 7) is 6.23. The van der Waals surface area contributed by atoms with Crippen LogP contribution in [0, 0.1) is 5.82 Å². The van der Waals surface area contributed by atoms with Gasteiger partial charge in [-0.1, -0.05) is 19.9 Å². The van der Waals surface area contributed by atoms with Crippen LogP contribution in [0.1, 0.15) is 36.7 Å². The summed E-state index contributed by atoms with van der Waals surface area (Å²) in [7, 11) is -0.971. The minimum atomic E-state index is -4.04. The molecule has 0 heterocycles. The zero-order valence-electron chi connectivity index (χ0n) is 18.5. The summed E-state index contributed by atoms with van der Waals surface area (Å²) < 4.78 is 51.7. The van der Waals surface area contributed by atoms with Crippen molar-refractivity contribution in [3.05, 3.63) is 53.3 Å². The van der Waals surface area contributed by atoms with Crippen molar-refractivity contribution in [1.29, 1.82) is 0 Å². The topological polar surface area (TPSA) is 76.1 Å². The Kier molecular flexibility index (Phi) is 8.41. The highest BCUT2D eigenvalue weighted by Gasteiger charge is 2.27. The number of amides is 1. The van der Waals surface area contributed by atoms with Crippen molar-refractivity contribution in [3.8, 4) is 11.5 Å². The lowest BCUT2D eigenvalue weighted by molar-refractivity contribution is 0.0752. The lowest BCUT2D eigenvalue weighted by Crippen LogP contribution is -2.32. The van der Waals surface area contributed by atoms with Crippen molar-refractivity contribution < 1.29 is 27.1 Å². The first-order valence-corrected chi connectivity index (χ1v) is 11.5. The minimum Gasteiger partial charge on any atom is -0.493 e. The number of sulfonamides is 1. The Hall–Kier alpha value is -2.65. The van der Waals surface area contributed by atoms with E-state index >= 15 is 0 Å². The smallest absolute Gasteiger partial charge is 0.254 e. The second-order valence-electron chi connectivity index (χ2n) is 6.74. The first-order chi connectivity index (χ1) is 14.7. The number of methoxy groups -OCH3 is 2. The maximum Gasteiger partial charge on any atom is 0.254 e. The number of benzene rings is 2. The molecule has 0 saturated heterocycles. The molecule has 0 atom stereocenters. The van der Waals surface area contributed by atoms with E-state index < -0.39 is 26.6 Å². The van der Waals surface area contributed by atoms with Crippen LogP contribution in [-0.2, 0) is 16.6 Å². The molecule has 0 N–H and O–H groups in total. The largest absolute Gasteiger partial charge is 0.493 e. The van der Waals surface area contributed by atoms with Crippen LogP contribution in [0.4, 0.5) is 4.39 Å². The summed E-state index contributed by atoms with van der Waals surface area (Å²) >= 11 is 0. The number of ether oxygens (including phenoxy) is 2. The van der Waals surface area contributed by atoms with Gasteiger partial charge in [-0.3, -0.25) is 4.79 Å². The third-order valence-electron chi connectivity index (χ3n) is 4.99. The summed E-state index contributed by atoms with van der Waals surface area (Å²) in [5.74, 6) is -0.164. The number of carbonyl (C=O) groups is 1. The first-order valence-electron chi connectivity index (χ1n) is 10.0. The number of hydrogen-bond acceptors (Lipinski definition) is 5. The Bertz CT molecular complexity index is 1020. The molecule has 2 aromatic rings. The molecule has 31 heavy (non-hydrogen) atoms. The van der Waals surface area contributed by atoms with E-state index in [0.29, 0.717) is 18.0 Å². The van der Waals surface area contributed by atoms with Crippen LogP contribution in [0.25, 0.3) is 0 Å². The minimum absolute atomic E-state index is 0.106. The maximum atomic E-state index is 14.4. The monoisotopic (exact) mass is 452 g/mol. The molecular weight excluding hydrogens is 423 g/mol. The normalized spacial score (nSPS) is 11.5. The number of nitrogens with zero attached hydrogens (tertiary/aromatic N) is 2. The molecule has 2 rings (SSSR count). The average molecular weight is 453 g/mol. The molecule has 0 aliphatic heterocycles. The summed E-state index contributed by atoms with van der Waals surface area (Å²) in [5.41, 5.74) is 0.917. The van der Waals surface area contributed by atoms with Crippen molar-refractivity contribution in [3.63, 3.8) is 0 Å². The van der Waals surface area contributed by atoms with E-state index in [9.17, 15) is 17.6 Å². The molecule has 9 heteroatoms. The zero-order chi connectivity index (χ0) is 23.2. The van der Waals surface area contributed by atoms with Gasteiger partial charge in [-0.05, 0) is 42.8 Å². The number of halogens is 1. The third-order valence-corrected chi connectivity index (χ3v) is 7.06. The van der Waals surface area contributed by atoms with Gasteiger partial charge in [0.1, 0.15) is 10.7 Å². The molecule has 2 aromatic carbocycles. The lowest BCUT2D eigenvalue weighted by atomic mass is 10.1. The Morgan fingerprint density at radius 1 is 0.935 bits per heavy atom. The van der Waals surface area contributed by atoms with Crippen molar-refractivity contribution >= 4 is 15.9 Å². The zero-order valence-corrected chi connectivity index (χ0v) is 19.3. The Labute approximate surface area is 183 Å². The Morgan fingerprint density at radius 3 is 2.13 bits per heavy atom. The molecule has 7 nitrogen and oxygen atoms in total. The number of carbonyl (C=O) groups excluding carboxylic acids is 1. The molecule has 0 aliphatic carbocycles. The van der Waals surface area contributed by atoms with Gasteiger partial charge in [-0.25, -0.2) is 12.8 Å². The van der Waals surface area contributed by atoms with Crippen LogP contribution in [-0.4, -0.2) is 57.4 Å². The Morgan fingerprint density at radius 2 is 1.58 bits per heavy atom. The summed E-state index contributed by atoms with van der Waals surface area (Å²) in [5, 5.41) is 0. The molecular formula is C22H29FN2O5S. The fourth-order valence-electron chi connectivity index (χ4n) is 3.25. The van der Waals surface area contributed by atoms with E-state index in [4.69, 9.17) is 9.47 Å². The van der Waals surface area contributed by atoms with E-state index in [1.165, 1.54) is 20.3 Å². The van der Waals surface area contributed by atoms with Crippen LogP contribution in [0.5, 0.6) is 11.5 Å². The van der Waals surface area contributed by atoms with Crippen molar-refractivity contribution in [1.82, 2.24) is 9.21 Å². The first kappa shape index (κ1) is 24.6. The predicted octanol–water partition coefficient (Wildman–Crippen LogP) is 3.54. The number of hydrogen-bond donors (Lipinski definition) is 0. The fourth-order valence-corrected chi connectivity index (χ4v) is 4.79. The SMILES string of the molecule is CCN(Cc1ccc(OC)c(OC)c1)C(=O)c1ccc(F)c(S(=O)(=O)N(CC)CC)c1. The Balaban J connectivity index is 2.37. The second-order valence-corrected chi connectivity index (χ2v) is 8.65. The predicted molar refractivity (Wildman–Crippen MR) is 116 cm³/mol. The molecule has 0 radical (unpaired) electrons. The van der Waals surface area contributed by atoms with Crippen LogP contribution in [0.3, 0.4) is 0 Å². The highest BCUT2D eigenvalue weighted by molar-refractivity contribution is 7.89. The van der Waals surface area contributed by atoms with Gasteiger partial charge in [0, 0.05) is 31.7 Å². The van der Waals surface area contributed by atoms with Gasteiger partial charge in [0.25, 0.3) is 5.91 Å². The molecule has 170 valence electrons. The van der Waals surface area contributed by atoms with Gasteiger partial charge in [-0.15, -0.1) is 0 Å². The van der Waals surface area contributed by atoms with Crippen LogP contribution in [0.15, 0.2) is 41.3 Å². The van der Waals surface area contributed by atoms with Crippen LogP contribution >= 0.6 is 0 Å². The van der Waals surface area contributed by atoms with E-state index in [1.54, 1.807) is 30.9 Å². The van der Waals surface area contributed by atoms with Gasteiger partial charge in [-0.2, -0.15) is 4.31 Å². The van der Waals surface area contributed by atoms with E-state index in [0.717, 1.165) is 22.0 Å². The van der Waals surface area contributed by atoms with Crippen molar-refractivity contribution in [2.24, 2.45) is 0 Å². The molecule has 1 amide bonds. The molecule has 0 aliphatic rings.